The van der Waals surface area contributed by atoms with Crippen LogP contribution in [0, 0.1) is 23.6 Å². The van der Waals surface area contributed by atoms with E-state index in [4.69, 9.17) is 10.5 Å². The van der Waals surface area contributed by atoms with Crippen LogP contribution >= 0.6 is 0 Å². The summed E-state index contributed by atoms with van der Waals surface area (Å²) in [6.07, 6.45) is 3.70. The van der Waals surface area contributed by atoms with Crippen LogP contribution in [0.3, 0.4) is 0 Å². The molecule has 1 saturated carbocycles. The summed E-state index contributed by atoms with van der Waals surface area (Å²) in [4.78, 5) is 32.8. The summed E-state index contributed by atoms with van der Waals surface area (Å²) in [5.74, 6) is 4.36. The van der Waals surface area contributed by atoms with E-state index >= 15 is 4.39 Å². The minimum atomic E-state index is -1.79. The Morgan fingerprint density at radius 3 is 2.51 bits per heavy atom. The fourth-order valence-corrected chi connectivity index (χ4v) is 6.33. The van der Waals surface area contributed by atoms with Gasteiger partial charge >= 0.3 is 0 Å². The Kier molecular flexibility index (Phi) is 9.00. The molecular formula is C35H34F2N6O4. The average molecular weight is 641 g/mol. The Labute approximate surface area is 270 Å². The van der Waals surface area contributed by atoms with Crippen molar-refractivity contribution in [1.29, 1.82) is 0 Å². The van der Waals surface area contributed by atoms with E-state index in [9.17, 15) is 19.1 Å². The third-order valence-corrected chi connectivity index (χ3v) is 8.95. The van der Waals surface area contributed by atoms with Gasteiger partial charge in [0.05, 0.1) is 12.1 Å². The maximum absolute atomic E-state index is 16.1. The first-order valence-electron chi connectivity index (χ1n) is 15.5. The minimum Gasteiger partial charge on any atom is -0.437 e. The van der Waals surface area contributed by atoms with Gasteiger partial charge in [0.2, 0.25) is 11.8 Å². The monoisotopic (exact) mass is 640 g/mol. The largest absolute Gasteiger partial charge is 0.437 e. The van der Waals surface area contributed by atoms with Crippen molar-refractivity contribution in [2.45, 2.75) is 55.8 Å². The van der Waals surface area contributed by atoms with E-state index in [1.54, 1.807) is 17.0 Å². The molecule has 0 radical (unpaired) electrons. The van der Waals surface area contributed by atoms with Gasteiger partial charge in [-0.25, -0.2) is 13.8 Å². The number of likely N-dealkylation sites (tertiary alicyclic amines) is 1. The lowest BCUT2D eigenvalue weighted by Crippen LogP contribution is -2.52. The van der Waals surface area contributed by atoms with Gasteiger partial charge < -0.3 is 20.5 Å². The van der Waals surface area contributed by atoms with Crippen LogP contribution in [0.25, 0.3) is 0 Å². The molecule has 10 nitrogen and oxygen atoms in total. The number of alkyl halides is 1. The summed E-state index contributed by atoms with van der Waals surface area (Å²) < 4.78 is 36.1. The fraction of sp³-hybridized carbons (Fsp3) is 0.343. The first-order chi connectivity index (χ1) is 22.6. The van der Waals surface area contributed by atoms with Crippen LogP contribution in [0.1, 0.15) is 49.3 Å². The van der Waals surface area contributed by atoms with Gasteiger partial charge in [0.15, 0.2) is 11.4 Å². The number of piperidine rings is 1. The lowest BCUT2D eigenvalue weighted by Gasteiger charge is -2.43. The Balaban J connectivity index is 1.12. The third-order valence-electron chi connectivity index (χ3n) is 8.95. The molecule has 2 aromatic heterocycles. The number of amides is 1. The Hall–Kier alpha value is -5.15. The van der Waals surface area contributed by atoms with Gasteiger partial charge in [-0.05, 0) is 79.5 Å². The standard InChI is InChI=1S/C35H34F2N6O4/c36-25-8-10-27(11-9-25)47-31-30(38)33(45)43(23-39-31)22-35(46)16-19-42(20-17-35)32(44)28-13-15-34(37,14-12-26-7-4-18-40-41-26)21-29(28)24-5-2-1-3-6-24/h1-11,18,23,28-29,46H,13,15-17,19-22,38H2/t28-,29+,34-/m1/s1. The third kappa shape index (κ3) is 7.31. The van der Waals surface area contributed by atoms with Crippen molar-refractivity contribution in [1.82, 2.24) is 24.6 Å². The molecule has 1 aliphatic heterocycles. The lowest BCUT2D eigenvalue weighted by atomic mass is 9.69. The van der Waals surface area contributed by atoms with Crippen molar-refractivity contribution in [3.63, 3.8) is 0 Å². The van der Waals surface area contributed by atoms with Gasteiger partial charge in [-0.1, -0.05) is 36.3 Å². The highest BCUT2D eigenvalue weighted by atomic mass is 19.1. The van der Waals surface area contributed by atoms with Crippen molar-refractivity contribution in [3.05, 3.63) is 107 Å². The summed E-state index contributed by atoms with van der Waals surface area (Å²) >= 11 is 0. The number of hydrogen-bond donors (Lipinski definition) is 2. The molecule has 0 bridgehead atoms. The molecule has 0 spiro atoms. The zero-order valence-corrected chi connectivity index (χ0v) is 25.6. The number of carbonyl (C=O) groups excluding carboxylic acids is 1. The molecule has 12 heteroatoms. The van der Waals surface area contributed by atoms with E-state index < -0.39 is 28.6 Å². The summed E-state index contributed by atoms with van der Waals surface area (Å²) in [7, 11) is 0. The zero-order valence-electron chi connectivity index (χ0n) is 25.6. The number of rotatable bonds is 6. The van der Waals surface area contributed by atoms with E-state index in [2.05, 4.69) is 27.0 Å². The van der Waals surface area contributed by atoms with E-state index in [1.165, 1.54) is 41.4 Å². The van der Waals surface area contributed by atoms with Crippen molar-refractivity contribution < 1.29 is 23.4 Å². The van der Waals surface area contributed by atoms with Gasteiger partial charge in [-0.2, -0.15) is 5.10 Å². The Morgan fingerprint density at radius 1 is 1.06 bits per heavy atom. The number of nitrogens with two attached hydrogens (primary N) is 1. The predicted octanol–water partition coefficient (Wildman–Crippen LogP) is 4.24. The Bertz CT molecular complexity index is 1840. The van der Waals surface area contributed by atoms with Gasteiger partial charge in [0.1, 0.15) is 23.6 Å². The number of benzene rings is 2. The van der Waals surface area contributed by atoms with Crippen molar-refractivity contribution >= 4 is 11.6 Å². The van der Waals surface area contributed by atoms with Gasteiger partial charge in [-0.15, -0.1) is 5.10 Å². The van der Waals surface area contributed by atoms with Gasteiger partial charge in [0.25, 0.3) is 5.56 Å². The molecule has 242 valence electrons. The average Bonchev–Trinajstić information content (AvgIpc) is 3.09. The number of carbonyl (C=O) groups is 1. The summed E-state index contributed by atoms with van der Waals surface area (Å²) in [6.45, 7) is 0.459. The highest BCUT2D eigenvalue weighted by Crippen LogP contribution is 2.45. The minimum absolute atomic E-state index is 0.0661. The van der Waals surface area contributed by atoms with Crippen LogP contribution in [0.2, 0.25) is 0 Å². The molecule has 1 aliphatic carbocycles. The van der Waals surface area contributed by atoms with E-state index in [0.29, 0.717) is 12.1 Å². The fourth-order valence-electron chi connectivity index (χ4n) is 6.33. The normalized spacial score (nSPS) is 22.1. The molecular weight excluding hydrogens is 606 g/mol. The molecule has 47 heavy (non-hydrogen) atoms. The lowest BCUT2D eigenvalue weighted by molar-refractivity contribution is -0.142. The molecule has 3 heterocycles. The van der Waals surface area contributed by atoms with E-state index in [-0.39, 0.29) is 74.5 Å². The van der Waals surface area contributed by atoms with Crippen molar-refractivity contribution in [2.75, 3.05) is 18.8 Å². The van der Waals surface area contributed by atoms with Crippen LogP contribution in [-0.2, 0) is 11.3 Å². The zero-order chi connectivity index (χ0) is 33.0. The van der Waals surface area contributed by atoms with Gasteiger partial charge in [-0.3, -0.25) is 14.2 Å². The topological polar surface area (TPSA) is 136 Å². The number of nitrogens with zero attached hydrogens (tertiary/aromatic N) is 5. The van der Waals surface area contributed by atoms with Crippen LogP contribution in [0.4, 0.5) is 14.5 Å². The number of nitrogen functional groups attached to an aromatic ring is 1. The predicted molar refractivity (Wildman–Crippen MR) is 169 cm³/mol. The van der Waals surface area contributed by atoms with Crippen LogP contribution in [0.5, 0.6) is 11.6 Å². The number of anilines is 1. The second-order valence-electron chi connectivity index (χ2n) is 12.2. The molecule has 2 aliphatic rings. The number of aromatic nitrogens is 4. The van der Waals surface area contributed by atoms with Crippen molar-refractivity contribution in [2.24, 2.45) is 5.92 Å². The van der Waals surface area contributed by atoms with Crippen LogP contribution in [0.15, 0.2) is 84.0 Å². The van der Waals surface area contributed by atoms with Crippen LogP contribution in [-0.4, -0.2) is 60.0 Å². The van der Waals surface area contributed by atoms with E-state index in [1.807, 2.05) is 30.3 Å². The Morgan fingerprint density at radius 2 is 1.81 bits per heavy atom. The maximum Gasteiger partial charge on any atom is 0.280 e. The molecule has 1 saturated heterocycles. The van der Waals surface area contributed by atoms with E-state index in [0.717, 1.165) is 5.56 Å². The molecule has 1 amide bonds. The SMILES string of the molecule is Nc1c(Oc2ccc(F)cc2)ncn(CC2(O)CCN(C(=O)[C@@H]3CC[C@](F)(C#Cc4cccnn4)C[C@H]3c3ccccc3)CC2)c1=O. The van der Waals surface area contributed by atoms with Gasteiger partial charge in [0, 0.05) is 31.6 Å². The first kappa shape index (κ1) is 31.8. The summed E-state index contributed by atoms with van der Waals surface area (Å²) in [5.41, 5.74) is 3.35. The summed E-state index contributed by atoms with van der Waals surface area (Å²) in [5, 5.41) is 19.2. The maximum atomic E-state index is 16.1. The molecule has 2 fully saturated rings. The molecule has 0 unspecified atom stereocenters. The number of halogens is 2. The number of aliphatic hydroxyl groups is 1. The van der Waals surface area contributed by atoms with Crippen molar-refractivity contribution in [3.8, 4) is 23.5 Å². The first-order valence-corrected chi connectivity index (χ1v) is 15.5. The molecule has 2 aromatic carbocycles. The molecule has 6 rings (SSSR count). The molecule has 3 atom stereocenters. The summed E-state index contributed by atoms with van der Waals surface area (Å²) in [6, 6.07) is 18.0. The van der Waals surface area contributed by atoms with Crippen LogP contribution < -0.4 is 16.0 Å². The highest BCUT2D eigenvalue weighted by molar-refractivity contribution is 5.80. The second-order valence-corrected chi connectivity index (χ2v) is 12.2. The molecule has 4 aromatic rings. The quantitative estimate of drug-likeness (QED) is 0.299. The number of hydrogen-bond acceptors (Lipinski definition) is 8. The smallest absolute Gasteiger partial charge is 0.280 e. The highest BCUT2D eigenvalue weighted by Gasteiger charge is 2.46. The number of ether oxygens (including phenoxy) is 1. The second kappa shape index (κ2) is 13.3. The molecule has 3 N–H and O–H groups in total.